The fourth-order valence-corrected chi connectivity index (χ4v) is 2.70. The third-order valence-electron chi connectivity index (χ3n) is 4.05. The van der Waals surface area contributed by atoms with Crippen LogP contribution in [0.15, 0.2) is 0 Å². The number of carbonyl (C=O) groups is 1. The molecular formula is C12H24N2O3S. The molecule has 0 heterocycles. The van der Waals surface area contributed by atoms with E-state index in [2.05, 4.69) is 0 Å². The van der Waals surface area contributed by atoms with Crippen LogP contribution in [-0.4, -0.2) is 49.4 Å². The molecule has 1 aliphatic carbocycles. The van der Waals surface area contributed by atoms with Gasteiger partial charge in [0.25, 0.3) is 0 Å². The maximum absolute atomic E-state index is 12.3. The fraction of sp³-hybridized carbons (Fsp3) is 0.917. The van der Waals surface area contributed by atoms with E-state index < -0.39 is 14.6 Å². The van der Waals surface area contributed by atoms with Crippen LogP contribution >= 0.6 is 0 Å². The van der Waals surface area contributed by atoms with E-state index in [1.54, 1.807) is 11.9 Å². The third-order valence-corrected chi connectivity index (χ3v) is 6.08. The minimum atomic E-state index is -3.41. The SMILES string of the molecule is CN(C(=O)C(C)(C)S(C)(=O)=O)C1CCC(N)CC1. The number of hydrogen-bond donors (Lipinski definition) is 1. The molecule has 1 saturated carbocycles. The van der Waals surface area contributed by atoms with Crippen molar-refractivity contribution in [2.75, 3.05) is 13.3 Å². The van der Waals surface area contributed by atoms with Crippen molar-refractivity contribution in [1.29, 1.82) is 0 Å². The Labute approximate surface area is 110 Å². The van der Waals surface area contributed by atoms with E-state index in [4.69, 9.17) is 5.73 Å². The van der Waals surface area contributed by atoms with E-state index in [0.29, 0.717) is 0 Å². The molecule has 18 heavy (non-hydrogen) atoms. The van der Waals surface area contributed by atoms with Gasteiger partial charge in [-0.2, -0.15) is 0 Å². The summed E-state index contributed by atoms with van der Waals surface area (Å²) < 4.78 is 22.0. The molecule has 0 aromatic carbocycles. The van der Waals surface area contributed by atoms with Crippen molar-refractivity contribution < 1.29 is 13.2 Å². The number of amides is 1. The Kier molecular flexibility index (Phi) is 4.43. The van der Waals surface area contributed by atoms with Gasteiger partial charge in [0.15, 0.2) is 9.84 Å². The van der Waals surface area contributed by atoms with Crippen LogP contribution in [0.25, 0.3) is 0 Å². The van der Waals surface area contributed by atoms with Gasteiger partial charge >= 0.3 is 0 Å². The predicted molar refractivity (Wildman–Crippen MR) is 71.9 cm³/mol. The van der Waals surface area contributed by atoms with Crippen LogP contribution in [0.3, 0.4) is 0 Å². The summed E-state index contributed by atoms with van der Waals surface area (Å²) in [6.07, 6.45) is 4.59. The first kappa shape index (κ1) is 15.4. The van der Waals surface area contributed by atoms with Crippen molar-refractivity contribution >= 4 is 15.7 Å². The highest BCUT2D eigenvalue weighted by Gasteiger charge is 2.42. The summed E-state index contributed by atoms with van der Waals surface area (Å²) in [5, 5.41) is 0. The quantitative estimate of drug-likeness (QED) is 0.815. The highest BCUT2D eigenvalue weighted by atomic mass is 32.2. The zero-order valence-electron chi connectivity index (χ0n) is 11.6. The van der Waals surface area contributed by atoms with Crippen molar-refractivity contribution in [3.63, 3.8) is 0 Å². The molecule has 1 aliphatic rings. The summed E-state index contributed by atoms with van der Waals surface area (Å²) in [6, 6.07) is 0.325. The highest BCUT2D eigenvalue weighted by molar-refractivity contribution is 7.92. The number of nitrogens with zero attached hydrogens (tertiary/aromatic N) is 1. The minimum Gasteiger partial charge on any atom is -0.341 e. The van der Waals surface area contributed by atoms with Gasteiger partial charge in [0.05, 0.1) is 0 Å². The molecule has 106 valence electrons. The summed E-state index contributed by atoms with van der Waals surface area (Å²) >= 11 is 0. The molecule has 0 aliphatic heterocycles. The van der Waals surface area contributed by atoms with Gasteiger partial charge in [-0.3, -0.25) is 4.79 Å². The Morgan fingerprint density at radius 3 is 2.06 bits per heavy atom. The minimum absolute atomic E-state index is 0.110. The Morgan fingerprint density at radius 2 is 1.67 bits per heavy atom. The van der Waals surface area contributed by atoms with Crippen molar-refractivity contribution in [3.8, 4) is 0 Å². The average molecular weight is 276 g/mol. The number of sulfone groups is 1. The lowest BCUT2D eigenvalue weighted by atomic mass is 9.90. The van der Waals surface area contributed by atoms with Gasteiger partial charge < -0.3 is 10.6 Å². The zero-order chi connectivity index (χ0) is 14.1. The average Bonchev–Trinajstić information content (AvgIpc) is 2.26. The molecule has 1 fully saturated rings. The van der Waals surface area contributed by atoms with Gasteiger partial charge in [-0.25, -0.2) is 8.42 Å². The monoisotopic (exact) mass is 276 g/mol. The molecule has 2 N–H and O–H groups in total. The van der Waals surface area contributed by atoms with Crippen LogP contribution in [0.2, 0.25) is 0 Å². The smallest absolute Gasteiger partial charge is 0.243 e. The molecule has 1 rings (SSSR count). The molecule has 1 amide bonds. The lowest BCUT2D eigenvalue weighted by molar-refractivity contribution is -0.134. The second-order valence-corrected chi connectivity index (χ2v) is 8.33. The van der Waals surface area contributed by atoms with Gasteiger partial charge in [0, 0.05) is 25.4 Å². The van der Waals surface area contributed by atoms with E-state index in [1.807, 2.05) is 0 Å². The maximum Gasteiger partial charge on any atom is 0.243 e. The molecule has 0 unspecified atom stereocenters. The van der Waals surface area contributed by atoms with Gasteiger partial charge in [0.2, 0.25) is 5.91 Å². The van der Waals surface area contributed by atoms with Crippen LogP contribution in [0, 0.1) is 0 Å². The van der Waals surface area contributed by atoms with Crippen LogP contribution in [0.5, 0.6) is 0 Å². The fourth-order valence-electron chi connectivity index (χ4n) is 2.24. The van der Waals surface area contributed by atoms with Gasteiger partial charge in [0.1, 0.15) is 4.75 Å². The third kappa shape index (κ3) is 3.03. The molecule has 0 bridgehead atoms. The largest absolute Gasteiger partial charge is 0.341 e. The number of carbonyl (C=O) groups excluding carboxylic acids is 1. The first-order chi connectivity index (χ1) is 8.07. The molecule has 5 nitrogen and oxygen atoms in total. The highest BCUT2D eigenvalue weighted by Crippen LogP contribution is 2.25. The molecule has 6 heteroatoms. The first-order valence-electron chi connectivity index (χ1n) is 6.30. The van der Waals surface area contributed by atoms with Crippen molar-refractivity contribution in [2.45, 2.75) is 56.4 Å². The Bertz CT molecular complexity index is 409. The standard InChI is InChI=1S/C12H24N2O3S/c1-12(2,18(4,16)17)11(15)14(3)10-7-5-9(13)6-8-10/h9-10H,5-8,13H2,1-4H3. The van der Waals surface area contributed by atoms with E-state index in [9.17, 15) is 13.2 Å². The summed E-state index contributed by atoms with van der Waals surface area (Å²) in [7, 11) is -1.72. The molecule has 0 aromatic heterocycles. The van der Waals surface area contributed by atoms with E-state index in [1.165, 1.54) is 13.8 Å². The summed E-state index contributed by atoms with van der Waals surface area (Å²) in [5.74, 6) is -0.328. The van der Waals surface area contributed by atoms with Gasteiger partial charge in [-0.1, -0.05) is 0 Å². The number of nitrogens with two attached hydrogens (primary N) is 1. The molecule has 0 aromatic rings. The summed E-state index contributed by atoms with van der Waals surface area (Å²) in [6.45, 7) is 2.94. The van der Waals surface area contributed by atoms with E-state index in [-0.39, 0.29) is 18.0 Å². The Hall–Kier alpha value is -0.620. The molecule has 0 spiro atoms. The molecule has 0 atom stereocenters. The lowest BCUT2D eigenvalue weighted by Crippen LogP contribution is -2.52. The van der Waals surface area contributed by atoms with Crippen LogP contribution in [0.4, 0.5) is 0 Å². The Morgan fingerprint density at radius 1 is 1.22 bits per heavy atom. The second kappa shape index (κ2) is 5.17. The zero-order valence-corrected chi connectivity index (χ0v) is 12.5. The Balaban J connectivity index is 2.79. The van der Waals surface area contributed by atoms with Gasteiger partial charge in [-0.05, 0) is 39.5 Å². The van der Waals surface area contributed by atoms with Crippen molar-refractivity contribution in [2.24, 2.45) is 5.73 Å². The summed E-state index contributed by atoms with van der Waals surface area (Å²) in [4.78, 5) is 13.9. The molecular weight excluding hydrogens is 252 g/mol. The van der Waals surface area contributed by atoms with E-state index >= 15 is 0 Å². The lowest BCUT2D eigenvalue weighted by Gasteiger charge is -2.37. The second-order valence-electron chi connectivity index (χ2n) is 5.77. The molecule has 0 saturated heterocycles. The first-order valence-corrected chi connectivity index (χ1v) is 8.19. The van der Waals surface area contributed by atoms with Crippen molar-refractivity contribution in [3.05, 3.63) is 0 Å². The van der Waals surface area contributed by atoms with Crippen LogP contribution < -0.4 is 5.73 Å². The van der Waals surface area contributed by atoms with Crippen LogP contribution in [0.1, 0.15) is 39.5 Å². The molecule has 0 radical (unpaired) electrons. The number of hydrogen-bond acceptors (Lipinski definition) is 4. The van der Waals surface area contributed by atoms with Crippen molar-refractivity contribution in [1.82, 2.24) is 4.90 Å². The topological polar surface area (TPSA) is 80.5 Å². The van der Waals surface area contributed by atoms with Crippen LogP contribution in [-0.2, 0) is 14.6 Å². The normalized spacial score (nSPS) is 25.8. The predicted octanol–water partition coefficient (Wildman–Crippen LogP) is 0.538. The van der Waals surface area contributed by atoms with E-state index in [0.717, 1.165) is 31.9 Å². The summed E-state index contributed by atoms with van der Waals surface area (Å²) in [5.41, 5.74) is 5.83. The van der Waals surface area contributed by atoms with Gasteiger partial charge in [-0.15, -0.1) is 0 Å². The number of rotatable bonds is 3. The maximum atomic E-state index is 12.3.